The highest BCUT2D eigenvalue weighted by Gasteiger charge is 2.28. The molecule has 2 atom stereocenters. The van der Waals surface area contributed by atoms with E-state index in [9.17, 15) is 15.2 Å². The molecule has 0 saturated carbocycles. The molecule has 1 fully saturated rings. The Morgan fingerprint density at radius 2 is 1.92 bits per heavy atom. The highest BCUT2D eigenvalue weighted by Crippen LogP contribution is 2.27. The molecular weight excluding hydrogens is 316 g/mol. The standard InChI is InChI=1S/C19H18N4O2/c20-11-14(19(25)22-16-8-4-5-9-17(16)24)10-15-12-21-23-18(15)13-6-2-1-3-7-13/h1-10,15,18,21,23-24H,12H2,(H,22,25)/b14-10-. The molecule has 25 heavy (non-hydrogen) atoms. The smallest absolute Gasteiger partial charge is 0.266 e. The van der Waals surface area contributed by atoms with Gasteiger partial charge in [0.2, 0.25) is 0 Å². The maximum absolute atomic E-state index is 12.4. The number of nitrogens with one attached hydrogen (secondary N) is 3. The number of hydrazine groups is 1. The van der Waals surface area contributed by atoms with Crippen molar-refractivity contribution >= 4 is 11.6 Å². The molecule has 0 aliphatic carbocycles. The van der Waals surface area contributed by atoms with Crippen LogP contribution >= 0.6 is 0 Å². The first-order valence-corrected chi connectivity index (χ1v) is 7.93. The Labute approximate surface area is 145 Å². The van der Waals surface area contributed by atoms with E-state index in [1.807, 2.05) is 36.4 Å². The van der Waals surface area contributed by atoms with Gasteiger partial charge in [0.15, 0.2) is 0 Å². The first kappa shape index (κ1) is 16.7. The van der Waals surface area contributed by atoms with Crippen molar-refractivity contribution in [1.82, 2.24) is 10.9 Å². The minimum atomic E-state index is -0.539. The number of rotatable bonds is 4. The van der Waals surface area contributed by atoms with Gasteiger partial charge in [-0.25, -0.2) is 5.43 Å². The molecule has 126 valence electrons. The maximum Gasteiger partial charge on any atom is 0.266 e. The summed E-state index contributed by atoms with van der Waals surface area (Å²) in [4.78, 5) is 12.4. The highest BCUT2D eigenvalue weighted by atomic mass is 16.3. The van der Waals surface area contributed by atoms with Crippen LogP contribution in [0.3, 0.4) is 0 Å². The summed E-state index contributed by atoms with van der Waals surface area (Å²) < 4.78 is 0. The number of amides is 1. The van der Waals surface area contributed by atoms with Gasteiger partial charge in [0.05, 0.1) is 11.7 Å². The number of aromatic hydroxyl groups is 1. The van der Waals surface area contributed by atoms with E-state index >= 15 is 0 Å². The van der Waals surface area contributed by atoms with Gasteiger partial charge in [-0.1, -0.05) is 48.5 Å². The van der Waals surface area contributed by atoms with Crippen molar-refractivity contribution in [3.05, 3.63) is 71.8 Å². The number of benzene rings is 2. The van der Waals surface area contributed by atoms with Crippen molar-refractivity contribution in [2.24, 2.45) is 5.92 Å². The summed E-state index contributed by atoms with van der Waals surface area (Å²) in [6, 6.07) is 18.2. The largest absolute Gasteiger partial charge is 0.506 e. The fraction of sp³-hybridized carbons (Fsp3) is 0.158. The van der Waals surface area contributed by atoms with Crippen LogP contribution in [0.4, 0.5) is 5.69 Å². The molecule has 2 unspecified atom stereocenters. The SMILES string of the molecule is N#C/C(=C/C1CNNC1c1ccccc1)C(=O)Nc1ccccc1O. The van der Waals surface area contributed by atoms with Gasteiger partial charge in [0, 0.05) is 12.5 Å². The maximum atomic E-state index is 12.4. The lowest BCUT2D eigenvalue weighted by atomic mass is 9.93. The molecule has 2 aromatic rings. The molecule has 1 aliphatic heterocycles. The molecule has 1 saturated heterocycles. The van der Waals surface area contributed by atoms with Crippen molar-refractivity contribution in [1.29, 1.82) is 5.26 Å². The molecule has 0 radical (unpaired) electrons. The molecule has 1 heterocycles. The number of phenolic OH excluding ortho intramolecular Hbond substituents is 1. The second-order valence-electron chi connectivity index (χ2n) is 5.74. The van der Waals surface area contributed by atoms with E-state index in [1.165, 1.54) is 6.07 Å². The number of hydrogen-bond donors (Lipinski definition) is 4. The average molecular weight is 334 g/mol. The number of carbonyl (C=O) groups excluding carboxylic acids is 1. The summed E-state index contributed by atoms with van der Waals surface area (Å²) in [5, 5.41) is 21.7. The number of hydrogen-bond acceptors (Lipinski definition) is 5. The third-order valence-electron chi connectivity index (χ3n) is 4.08. The number of anilines is 1. The number of phenols is 1. The van der Waals surface area contributed by atoms with Crippen molar-refractivity contribution in [3.63, 3.8) is 0 Å². The van der Waals surface area contributed by atoms with Crippen LogP contribution < -0.4 is 16.2 Å². The lowest BCUT2D eigenvalue weighted by molar-refractivity contribution is -0.112. The monoisotopic (exact) mass is 334 g/mol. The van der Waals surface area contributed by atoms with Crippen LogP contribution in [0.25, 0.3) is 0 Å². The van der Waals surface area contributed by atoms with Crippen LogP contribution in [-0.2, 0) is 4.79 Å². The topological polar surface area (TPSA) is 97.2 Å². The summed E-state index contributed by atoms with van der Waals surface area (Å²) in [7, 11) is 0. The molecule has 1 amide bonds. The minimum absolute atomic E-state index is 0.0136. The second kappa shape index (κ2) is 7.62. The molecule has 2 aromatic carbocycles. The van der Waals surface area contributed by atoms with E-state index in [2.05, 4.69) is 16.2 Å². The molecule has 0 spiro atoms. The van der Waals surface area contributed by atoms with E-state index in [0.29, 0.717) is 6.54 Å². The van der Waals surface area contributed by atoms with Gasteiger partial charge >= 0.3 is 0 Å². The zero-order valence-corrected chi connectivity index (χ0v) is 13.4. The molecule has 6 heteroatoms. The lowest BCUT2D eigenvalue weighted by Gasteiger charge is -2.16. The third-order valence-corrected chi connectivity index (χ3v) is 4.08. The number of nitriles is 1. The highest BCUT2D eigenvalue weighted by molar-refractivity contribution is 6.07. The summed E-state index contributed by atoms with van der Waals surface area (Å²) in [6.07, 6.45) is 1.67. The normalized spacial score (nSPS) is 20.0. The molecule has 1 aliphatic rings. The van der Waals surface area contributed by atoms with Crippen LogP contribution in [-0.4, -0.2) is 17.6 Å². The molecule has 0 aromatic heterocycles. The summed E-state index contributed by atoms with van der Waals surface area (Å²) in [5.74, 6) is -0.630. The molecular formula is C19H18N4O2. The average Bonchev–Trinajstić information content (AvgIpc) is 3.10. The Kier molecular flexibility index (Phi) is 5.09. The quantitative estimate of drug-likeness (QED) is 0.391. The van der Waals surface area contributed by atoms with Gasteiger partial charge in [-0.3, -0.25) is 10.2 Å². The predicted octanol–water partition coefficient (Wildman–Crippen LogP) is 2.25. The Morgan fingerprint density at radius 1 is 1.20 bits per heavy atom. The van der Waals surface area contributed by atoms with Crippen molar-refractivity contribution < 1.29 is 9.90 Å². The Hall–Kier alpha value is -3.14. The first-order valence-electron chi connectivity index (χ1n) is 7.93. The van der Waals surface area contributed by atoms with Gasteiger partial charge in [0.1, 0.15) is 17.4 Å². The Morgan fingerprint density at radius 3 is 2.64 bits per heavy atom. The van der Waals surface area contributed by atoms with Crippen LogP contribution in [0.5, 0.6) is 5.75 Å². The lowest BCUT2D eigenvalue weighted by Crippen LogP contribution is -2.24. The van der Waals surface area contributed by atoms with E-state index in [0.717, 1.165) is 5.56 Å². The molecule has 4 N–H and O–H groups in total. The number of carbonyl (C=O) groups is 1. The van der Waals surface area contributed by atoms with E-state index < -0.39 is 5.91 Å². The van der Waals surface area contributed by atoms with Gasteiger partial charge in [0.25, 0.3) is 5.91 Å². The zero-order chi connectivity index (χ0) is 17.6. The van der Waals surface area contributed by atoms with E-state index in [-0.39, 0.29) is 29.0 Å². The van der Waals surface area contributed by atoms with Crippen LogP contribution in [0, 0.1) is 17.2 Å². The summed E-state index contributed by atoms with van der Waals surface area (Å²) >= 11 is 0. The molecule has 6 nitrogen and oxygen atoms in total. The number of nitrogens with zero attached hydrogens (tertiary/aromatic N) is 1. The zero-order valence-electron chi connectivity index (χ0n) is 13.4. The van der Waals surface area contributed by atoms with E-state index in [4.69, 9.17) is 0 Å². The summed E-state index contributed by atoms with van der Waals surface area (Å²) in [6.45, 7) is 0.606. The minimum Gasteiger partial charge on any atom is -0.506 e. The fourth-order valence-electron chi connectivity index (χ4n) is 2.80. The van der Waals surface area contributed by atoms with Crippen LogP contribution in [0.2, 0.25) is 0 Å². The van der Waals surface area contributed by atoms with Gasteiger partial charge in [-0.2, -0.15) is 5.26 Å². The molecule has 0 bridgehead atoms. The van der Waals surface area contributed by atoms with Crippen LogP contribution in [0.15, 0.2) is 66.2 Å². The van der Waals surface area contributed by atoms with Gasteiger partial charge < -0.3 is 10.4 Å². The van der Waals surface area contributed by atoms with Gasteiger partial charge in [-0.15, -0.1) is 0 Å². The Bertz CT molecular complexity index is 827. The predicted molar refractivity (Wildman–Crippen MR) is 94.2 cm³/mol. The fourth-order valence-corrected chi connectivity index (χ4v) is 2.80. The third kappa shape index (κ3) is 3.86. The Balaban J connectivity index is 1.79. The van der Waals surface area contributed by atoms with E-state index in [1.54, 1.807) is 24.3 Å². The van der Waals surface area contributed by atoms with Crippen LogP contribution in [0.1, 0.15) is 11.6 Å². The van der Waals surface area contributed by atoms with Gasteiger partial charge in [-0.05, 0) is 17.7 Å². The van der Waals surface area contributed by atoms with Crippen molar-refractivity contribution in [2.75, 3.05) is 11.9 Å². The molecule has 3 rings (SSSR count). The second-order valence-corrected chi connectivity index (χ2v) is 5.74. The van der Waals surface area contributed by atoms with Crippen molar-refractivity contribution in [3.8, 4) is 11.8 Å². The number of para-hydroxylation sites is 2. The summed E-state index contributed by atoms with van der Waals surface area (Å²) in [5.41, 5.74) is 7.61. The first-order chi connectivity index (χ1) is 12.2. The van der Waals surface area contributed by atoms with Crippen molar-refractivity contribution in [2.45, 2.75) is 6.04 Å².